The summed E-state index contributed by atoms with van der Waals surface area (Å²) in [5, 5.41) is 6.47. The van der Waals surface area contributed by atoms with Gasteiger partial charge in [-0.1, -0.05) is 39.7 Å². The Bertz CT molecular complexity index is 1080. The first-order chi connectivity index (χ1) is 13.8. The van der Waals surface area contributed by atoms with Gasteiger partial charge in [-0.15, -0.1) is 0 Å². The molecule has 0 atom stereocenters. The smallest absolute Gasteiger partial charge is 0.318 e. The summed E-state index contributed by atoms with van der Waals surface area (Å²) in [5.41, 5.74) is 7.77. The van der Waals surface area contributed by atoms with Crippen LogP contribution in [0.4, 0.5) is 5.69 Å². The largest absolute Gasteiger partial charge is 0.329 e. The molecule has 2 amide bonds. The van der Waals surface area contributed by atoms with Crippen molar-refractivity contribution in [2.75, 3.05) is 5.32 Å². The van der Waals surface area contributed by atoms with E-state index in [0.717, 1.165) is 32.7 Å². The third kappa shape index (κ3) is 5.00. The molecule has 0 aliphatic heterocycles. The molecule has 2 N–H and O–H groups in total. The maximum atomic E-state index is 12.0. The second kappa shape index (κ2) is 8.87. The molecule has 1 heterocycles. The van der Waals surface area contributed by atoms with E-state index in [0.29, 0.717) is 5.69 Å². The standard InChI is InChI=1S/C22H21BrN4O2/c1-14-7-9-19(10-8-14)25-21(28)22(29)26-24-13-17-11-15(2)27(16(17)3)20-6-4-5-18(23)12-20/h4-13H,1-3H3,(H,25,28)(H,26,29)/b24-13-. The zero-order chi connectivity index (χ0) is 21.0. The Hall–Kier alpha value is -3.19. The van der Waals surface area contributed by atoms with E-state index in [4.69, 9.17) is 0 Å². The van der Waals surface area contributed by atoms with E-state index in [1.165, 1.54) is 6.21 Å². The molecular weight excluding hydrogens is 432 g/mol. The minimum absolute atomic E-state index is 0.553. The molecule has 0 aliphatic rings. The topological polar surface area (TPSA) is 75.5 Å². The van der Waals surface area contributed by atoms with Crippen molar-refractivity contribution in [2.45, 2.75) is 20.8 Å². The summed E-state index contributed by atoms with van der Waals surface area (Å²) in [6.45, 7) is 5.92. The van der Waals surface area contributed by atoms with E-state index < -0.39 is 11.8 Å². The lowest BCUT2D eigenvalue weighted by atomic mass is 10.2. The Balaban J connectivity index is 1.67. The molecule has 3 rings (SSSR count). The number of hydrogen-bond donors (Lipinski definition) is 2. The van der Waals surface area contributed by atoms with Crippen LogP contribution in [0.15, 0.2) is 64.2 Å². The van der Waals surface area contributed by atoms with Crippen molar-refractivity contribution in [3.63, 3.8) is 0 Å². The Morgan fingerprint density at radius 2 is 1.72 bits per heavy atom. The van der Waals surface area contributed by atoms with E-state index in [-0.39, 0.29) is 0 Å². The molecule has 3 aromatic rings. The number of aromatic nitrogens is 1. The molecule has 2 aromatic carbocycles. The normalized spacial score (nSPS) is 10.9. The summed E-state index contributed by atoms with van der Waals surface area (Å²) in [7, 11) is 0. The third-order valence-electron chi connectivity index (χ3n) is 4.42. The zero-order valence-corrected chi connectivity index (χ0v) is 17.9. The SMILES string of the molecule is Cc1ccc(NC(=O)C(=O)N/N=C\c2cc(C)n(-c3cccc(Br)c3)c2C)cc1. The van der Waals surface area contributed by atoms with Gasteiger partial charge in [0, 0.05) is 32.8 Å². The predicted octanol–water partition coefficient (Wildman–Crippen LogP) is 4.25. The summed E-state index contributed by atoms with van der Waals surface area (Å²) in [5.74, 6) is -1.60. The molecule has 0 radical (unpaired) electrons. The van der Waals surface area contributed by atoms with Gasteiger partial charge in [0.1, 0.15) is 0 Å². The van der Waals surface area contributed by atoms with Gasteiger partial charge in [-0.2, -0.15) is 5.10 Å². The maximum absolute atomic E-state index is 12.0. The van der Waals surface area contributed by atoms with Gasteiger partial charge in [-0.3, -0.25) is 9.59 Å². The van der Waals surface area contributed by atoms with Crippen molar-refractivity contribution in [1.82, 2.24) is 9.99 Å². The summed E-state index contributed by atoms with van der Waals surface area (Å²) >= 11 is 3.49. The van der Waals surface area contributed by atoms with E-state index >= 15 is 0 Å². The molecule has 0 spiro atoms. The Morgan fingerprint density at radius 1 is 1.00 bits per heavy atom. The quantitative estimate of drug-likeness (QED) is 0.352. The fourth-order valence-corrected chi connectivity index (χ4v) is 3.35. The number of carbonyl (C=O) groups excluding carboxylic acids is 2. The van der Waals surface area contributed by atoms with E-state index in [1.807, 2.05) is 63.2 Å². The second-order valence-electron chi connectivity index (χ2n) is 6.66. The first-order valence-corrected chi connectivity index (χ1v) is 9.80. The molecule has 0 saturated carbocycles. The minimum atomic E-state index is -0.831. The first-order valence-electron chi connectivity index (χ1n) is 9.01. The molecule has 0 fully saturated rings. The van der Waals surface area contributed by atoms with Crippen molar-refractivity contribution in [3.8, 4) is 5.69 Å². The lowest BCUT2D eigenvalue weighted by Gasteiger charge is -2.09. The van der Waals surface area contributed by atoms with Gasteiger partial charge >= 0.3 is 11.8 Å². The lowest BCUT2D eigenvalue weighted by Crippen LogP contribution is -2.32. The van der Waals surface area contributed by atoms with Crippen LogP contribution in [0.25, 0.3) is 5.69 Å². The van der Waals surface area contributed by atoms with Crippen LogP contribution in [0.3, 0.4) is 0 Å². The number of anilines is 1. The molecule has 6 nitrogen and oxygen atoms in total. The van der Waals surface area contributed by atoms with Gasteiger partial charge in [0.15, 0.2) is 0 Å². The Morgan fingerprint density at radius 3 is 2.41 bits per heavy atom. The number of hydrogen-bond acceptors (Lipinski definition) is 3. The van der Waals surface area contributed by atoms with E-state index in [9.17, 15) is 9.59 Å². The van der Waals surface area contributed by atoms with Crippen molar-refractivity contribution in [2.24, 2.45) is 5.10 Å². The predicted molar refractivity (Wildman–Crippen MR) is 118 cm³/mol. The highest BCUT2D eigenvalue weighted by Gasteiger charge is 2.13. The highest BCUT2D eigenvalue weighted by molar-refractivity contribution is 9.10. The van der Waals surface area contributed by atoms with Gasteiger partial charge in [0.2, 0.25) is 0 Å². The van der Waals surface area contributed by atoms with Gasteiger partial charge in [0.05, 0.1) is 6.21 Å². The van der Waals surface area contributed by atoms with Crippen LogP contribution < -0.4 is 10.7 Å². The summed E-state index contributed by atoms with van der Waals surface area (Å²) < 4.78 is 3.09. The summed E-state index contributed by atoms with van der Waals surface area (Å²) in [6.07, 6.45) is 1.54. The summed E-state index contributed by atoms with van der Waals surface area (Å²) in [6, 6.07) is 17.1. The number of halogens is 1. The molecule has 29 heavy (non-hydrogen) atoms. The van der Waals surface area contributed by atoms with Gasteiger partial charge in [0.25, 0.3) is 0 Å². The Labute approximate surface area is 177 Å². The van der Waals surface area contributed by atoms with Crippen LogP contribution in [0.2, 0.25) is 0 Å². The van der Waals surface area contributed by atoms with Crippen molar-refractivity contribution in [1.29, 1.82) is 0 Å². The van der Waals surface area contributed by atoms with Gasteiger partial charge in [-0.25, -0.2) is 5.43 Å². The van der Waals surface area contributed by atoms with E-state index in [2.05, 4.69) is 36.3 Å². The number of aryl methyl sites for hydroxylation is 2. The van der Waals surface area contributed by atoms with Crippen LogP contribution >= 0.6 is 15.9 Å². The molecule has 148 valence electrons. The fraction of sp³-hybridized carbons (Fsp3) is 0.136. The van der Waals surface area contributed by atoms with E-state index in [1.54, 1.807) is 12.1 Å². The van der Waals surface area contributed by atoms with Crippen LogP contribution in [-0.4, -0.2) is 22.6 Å². The average molecular weight is 453 g/mol. The minimum Gasteiger partial charge on any atom is -0.318 e. The Kier molecular flexibility index (Phi) is 6.29. The average Bonchev–Trinajstić information content (AvgIpc) is 2.97. The molecule has 0 bridgehead atoms. The zero-order valence-electron chi connectivity index (χ0n) is 16.4. The number of amides is 2. The van der Waals surface area contributed by atoms with Gasteiger partial charge < -0.3 is 9.88 Å². The van der Waals surface area contributed by atoms with Crippen LogP contribution in [-0.2, 0) is 9.59 Å². The number of hydrazone groups is 1. The second-order valence-corrected chi connectivity index (χ2v) is 7.58. The molecular formula is C22H21BrN4O2. The van der Waals surface area contributed by atoms with Crippen LogP contribution in [0.5, 0.6) is 0 Å². The molecule has 7 heteroatoms. The number of carbonyl (C=O) groups is 2. The van der Waals surface area contributed by atoms with Gasteiger partial charge in [-0.05, 0) is 57.2 Å². The van der Waals surface area contributed by atoms with Crippen LogP contribution in [0, 0.1) is 20.8 Å². The number of nitrogens with one attached hydrogen (secondary N) is 2. The molecule has 1 aromatic heterocycles. The maximum Gasteiger partial charge on any atom is 0.329 e. The van der Waals surface area contributed by atoms with Crippen molar-refractivity contribution >= 4 is 39.6 Å². The van der Waals surface area contributed by atoms with Crippen molar-refractivity contribution < 1.29 is 9.59 Å². The first kappa shape index (κ1) is 20.5. The highest BCUT2D eigenvalue weighted by Crippen LogP contribution is 2.22. The molecule has 0 saturated heterocycles. The van der Waals surface area contributed by atoms with Crippen LogP contribution in [0.1, 0.15) is 22.5 Å². The fourth-order valence-electron chi connectivity index (χ4n) is 2.97. The molecule has 0 aliphatic carbocycles. The number of benzene rings is 2. The number of rotatable bonds is 4. The highest BCUT2D eigenvalue weighted by atomic mass is 79.9. The van der Waals surface area contributed by atoms with Crippen molar-refractivity contribution in [3.05, 3.63) is 81.6 Å². The monoisotopic (exact) mass is 452 g/mol. The third-order valence-corrected chi connectivity index (χ3v) is 4.92. The summed E-state index contributed by atoms with van der Waals surface area (Å²) in [4.78, 5) is 23.9. The number of nitrogens with zero attached hydrogens (tertiary/aromatic N) is 2. The molecule has 0 unspecified atom stereocenters. The lowest BCUT2D eigenvalue weighted by molar-refractivity contribution is -0.136.